The summed E-state index contributed by atoms with van der Waals surface area (Å²) in [7, 11) is 0. The van der Waals surface area contributed by atoms with E-state index in [1.54, 1.807) is 30.3 Å². The van der Waals surface area contributed by atoms with E-state index in [1.165, 1.54) is 30.6 Å². The highest BCUT2D eigenvalue weighted by atomic mass is 19.3. The van der Waals surface area contributed by atoms with Crippen molar-refractivity contribution in [3.8, 4) is 5.75 Å². The second-order valence-corrected chi connectivity index (χ2v) is 5.20. The van der Waals surface area contributed by atoms with Gasteiger partial charge >= 0.3 is 6.61 Å². The molecule has 8 heteroatoms. The minimum atomic E-state index is -2.96. The number of hydrogen-bond donors (Lipinski definition) is 2. The Morgan fingerprint density at radius 1 is 1.23 bits per heavy atom. The molecule has 132 valence electrons. The topological polar surface area (TPSA) is 84.1 Å². The highest BCUT2D eigenvalue weighted by Crippen LogP contribution is 2.21. The molecule has 1 aromatic heterocycles. The van der Waals surface area contributed by atoms with Crippen LogP contribution in [0.2, 0.25) is 0 Å². The third-order valence-electron chi connectivity index (χ3n) is 3.46. The zero-order valence-electron chi connectivity index (χ0n) is 13.3. The minimum absolute atomic E-state index is 0.0325. The number of anilines is 1. The molecule has 2 N–H and O–H groups in total. The molecular weight excluding hydrogens is 344 g/mol. The summed E-state index contributed by atoms with van der Waals surface area (Å²) in [5.41, 5.74) is 0.921. The quantitative estimate of drug-likeness (QED) is 0.687. The molecule has 0 atom stereocenters. The SMILES string of the molecule is O=C(/C=C/c1ccccc1OC(F)F)Nc1ccc2nc[nH]c(=O)c2c1. The van der Waals surface area contributed by atoms with Gasteiger partial charge in [-0.25, -0.2) is 4.98 Å². The first-order valence-electron chi connectivity index (χ1n) is 7.53. The van der Waals surface area contributed by atoms with E-state index in [-0.39, 0.29) is 11.3 Å². The lowest BCUT2D eigenvalue weighted by Crippen LogP contribution is -2.10. The van der Waals surface area contributed by atoms with Crippen LogP contribution in [0.5, 0.6) is 5.75 Å². The average molecular weight is 357 g/mol. The molecule has 0 aliphatic heterocycles. The van der Waals surface area contributed by atoms with Crippen LogP contribution in [0.1, 0.15) is 5.56 Å². The van der Waals surface area contributed by atoms with E-state index in [4.69, 9.17) is 0 Å². The van der Waals surface area contributed by atoms with Crippen LogP contribution in [0.4, 0.5) is 14.5 Å². The van der Waals surface area contributed by atoms with Crippen molar-refractivity contribution in [2.45, 2.75) is 6.61 Å². The predicted octanol–water partition coefficient (Wildman–Crippen LogP) is 3.18. The average Bonchev–Trinajstić information content (AvgIpc) is 2.61. The van der Waals surface area contributed by atoms with Crippen molar-refractivity contribution in [1.82, 2.24) is 9.97 Å². The lowest BCUT2D eigenvalue weighted by atomic mass is 10.2. The molecule has 0 saturated carbocycles. The van der Waals surface area contributed by atoms with Gasteiger partial charge in [0.15, 0.2) is 0 Å². The Labute approximate surface area is 146 Å². The maximum atomic E-state index is 12.4. The number of aromatic nitrogens is 2. The first-order valence-corrected chi connectivity index (χ1v) is 7.53. The molecular formula is C18H13F2N3O3. The number of ether oxygens (including phenoxy) is 1. The number of fused-ring (bicyclic) bond motifs is 1. The molecule has 0 saturated heterocycles. The molecule has 0 bridgehead atoms. The van der Waals surface area contributed by atoms with E-state index in [2.05, 4.69) is 20.0 Å². The van der Waals surface area contributed by atoms with Gasteiger partial charge in [-0.15, -0.1) is 0 Å². The van der Waals surface area contributed by atoms with Gasteiger partial charge in [0.25, 0.3) is 5.56 Å². The van der Waals surface area contributed by atoms with Gasteiger partial charge in [0.2, 0.25) is 5.91 Å². The number of amides is 1. The number of hydrogen-bond acceptors (Lipinski definition) is 4. The number of nitrogens with one attached hydrogen (secondary N) is 2. The summed E-state index contributed by atoms with van der Waals surface area (Å²) in [6.45, 7) is -2.96. The Morgan fingerprint density at radius 2 is 2.04 bits per heavy atom. The number of aromatic amines is 1. The summed E-state index contributed by atoms with van der Waals surface area (Å²) in [4.78, 5) is 30.3. The number of carbonyl (C=O) groups is 1. The normalized spacial score (nSPS) is 11.2. The second kappa shape index (κ2) is 7.56. The van der Waals surface area contributed by atoms with Crippen LogP contribution in [0.15, 0.2) is 59.7 Å². The lowest BCUT2D eigenvalue weighted by molar-refractivity contribution is -0.111. The van der Waals surface area contributed by atoms with Gasteiger partial charge in [-0.1, -0.05) is 18.2 Å². The van der Waals surface area contributed by atoms with Crippen LogP contribution in [0.3, 0.4) is 0 Å². The van der Waals surface area contributed by atoms with Gasteiger partial charge in [-0.05, 0) is 30.3 Å². The van der Waals surface area contributed by atoms with Crippen LogP contribution in [0.25, 0.3) is 17.0 Å². The van der Waals surface area contributed by atoms with Crippen molar-refractivity contribution < 1.29 is 18.3 Å². The largest absolute Gasteiger partial charge is 0.434 e. The van der Waals surface area contributed by atoms with Crippen molar-refractivity contribution >= 4 is 28.6 Å². The standard InChI is InChI=1S/C18H13F2N3O3/c19-18(20)26-15-4-2-1-3-11(15)5-8-16(24)23-12-6-7-14-13(9-12)17(25)22-10-21-14/h1-10,18H,(H,23,24)(H,21,22,25)/b8-5+. The third kappa shape index (κ3) is 4.10. The van der Waals surface area contributed by atoms with Gasteiger partial charge in [-0.2, -0.15) is 8.78 Å². The molecule has 0 radical (unpaired) electrons. The van der Waals surface area contributed by atoms with Crippen molar-refractivity contribution in [2.24, 2.45) is 0 Å². The zero-order chi connectivity index (χ0) is 18.5. The van der Waals surface area contributed by atoms with Crippen molar-refractivity contribution in [3.05, 3.63) is 70.8 Å². The van der Waals surface area contributed by atoms with Crippen LogP contribution < -0.4 is 15.6 Å². The number of halogens is 2. The number of nitrogens with zero attached hydrogens (tertiary/aromatic N) is 1. The van der Waals surface area contributed by atoms with Crippen LogP contribution in [-0.4, -0.2) is 22.5 Å². The fourth-order valence-corrected chi connectivity index (χ4v) is 2.32. The van der Waals surface area contributed by atoms with Crippen LogP contribution in [-0.2, 0) is 4.79 Å². The molecule has 1 heterocycles. The fraction of sp³-hybridized carbons (Fsp3) is 0.0556. The molecule has 26 heavy (non-hydrogen) atoms. The van der Waals surface area contributed by atoms with Gasteiger partial charge in [0.05, 0.1) is 17.2 Å². The molecule has 6 nitrogen and oxygen atoms in total. The monoisotopic (exact) mass is 357 g/mol. The number of alkyl halides is 2. The summed E-state index contributed by atoms with van der Waals surface area (Å²) in [6, 6.07) is 10.8. The van der Waals surface area contributed by atoms with E-state index < -0.39 is 12.5 Å². The highest BCUT2D eigenvalue weighted by molar-refractivity contribution is 6.03. The van der Waals surface area contributed by atoms with E-state index in [1.807, 2.05) is 0 Å². The Balaban J connectivity index is 1.76. The maximum Gasteiger partial charge on any atom is 0.387 e. The fourth-order valence-electron chi connectivity index (χ4n) is 2.32. The van der Waals surface area contributed by atoms with E-state index >= 15 is 0 Å². The second-order valence-electron chi connectivity index (χ2n) is 5.20. The summed E-state index contributed by atoms with van der Waals surface area (Å²) in [5, 5.41) is 2.93. The van der Waals surface area contributed by atoms with Gasteiger partial charge in [0, 0.05) is 17.3 Å². The summed E-state index contributed by atoms with van der Waals surface area (Å²) >= 11 is 0. The van der Waals surface area contributed by atoms with Crippen LogP contribution >= 0.6 is 0 Å². The summed E-state index contributed by atoms with van der Waals surface area (Å²) in [6.07, 6.45) is 3.85. The number of benzene rings is 2. The number of para-hydroxylation sites is 1. The van der Waals surface area contributed by atoms with Gasteiger partial charge < -0.3 is 15.0 Å². The first kappa shape index (κ1) is 17.3. The van der Waals surface area contributed by atoms with E-state index in [0.717, 1.165) is 0 Å². The van der Waals surface area contributed by atoms with Crippen LogP contribution in [0, 0.1) is 0 Å². The molecule has 3 rings (SSSR count). The first-order chi connectivity index (χ1) is 12.5. The van der Waals surface area contributed by atoms with E-state index in [0.29, 0.717) is 22.2 Å². The van der Waals surface area contributed by atoms with Crippen molar-refractivity contribution in [2.75, 3.05) is 5.32 Å². The third-order valence-corrected chi connectivity index (χ3v) is 3.46. The van der Waals surface area contributed by atoms with Crippen molar-refractivity contribution in [3.63, 3.8) is 0 Å². The zero-order valence-corrected chi connectivity index (χ0v) is 13.3. The lowest BCUT2D eigenvalue weighted by Gasteiger charge is -2.07. The number of rotatable bonds is 5. The maximum absolute atomic E-state index is 12.4. The summed E-state index contributed by atoms with van der Waals surface area (Å²) < 4.78 is 29.2. The highest BCUT2D eigenvalue weighted by Gasteiger charge is 2.08. The molecule has 0 fully saturated rings. The molecule has 0 aliphatic carbocycles. The smallest absolute Gasteiger partial charge is 0.387 e. The Hall–Kier alpha value is -3.55. The molecule has 0 aliphatic rings. The summed E-state index contributed by atoms with van der Waals surface area (Å²) in [5.74, 6) is -0.522. The van der Waals surface area contributed by atoms with Crippen molar-refractivity contribution in [1.29, 1.82) is 0 Å². The Bertz CT molecular complexity index is 1030. The number of carbonyl (C=O) groups excluding carboxylic acids is 1. The minimum Gasteiger partial charge on any atom is -0.434 e. The molecule has 0 unspecified atom stereocenters. The number of H-pyrrole nitrogens is 1. The molecule has 2 aromatic carbocycles. The predicted molar refractivity (Wildman–Crippen MR) is 93.1 cm³/mol. The Kier molecular flexibility index (Phi) is 5.02. The Morgan fingerprint density at radius 3 is 2.85 bits per heavy atom. The molecule has 3 aromatic rings. The van der Waals surface area contributed by atoms with Gasteiger partial charge in [-0.3, -0.25) is 9.59 Å². The van der Waals surface area contributed by atoms with Gasteiger partial charge in [0.1, 0.15) is 5.75 Å². The van der Waals surface area contributed by atoms with E-state index in [9.17, 15) is 18.4 Å². The molecule has 0 spiro atoms. The molecule has 1 amide bonds.